The van der Waals surface area contributed by atoms with E-state index in [4.69, 9.17) is 16.3 Å². The Bertz CT molecular complexity index is 1200. The van der Waals surface area contributed by atoms with Gasteiger partial charge in [-0.1, -0.05) is 41.9 Å². The van der Waals surface area contributed by atoms with E-state index in [1.807, 2.05) is 48.5 Å². The van der Waals surface area contributed by atoms with Crippen molar-refractivity contribution in [3.8, 4) is 11.8 Å². The summed E-state index contributed by atoms with van der Waals surface area (Å²) < 4.78 is 6.63. The van der Waals surface area contributed by atoms with E-state index in [1.165, 1.54) is 0 Å². The smallest absolute Gasteiger partial charge is 0.256 e. The molecule has 0 bridgehead atoms. The van der Waals surface area contributed by atoms with Gasteiger partial charge in [0.15, 0.2) is 0 Å². The van der Waals surface area contributed by atoms with Crippen LogP contribution in [0.5, 0.6) is 5.75 Å². The van der Waals surface area contributed by atoms with Crippen LogP contribution < -0.4 is 10.1 Å². The molecule has 4 nitrogen and oxygen atoms in total. The van der Waals surface area contributed by atoms with Crippen LogP contribution in [0, 0.1) is 11.3 Å². The first kappa shape index (κ1) is 19.3. The minimum absolute atomic E-state index is 0.160. The minimum Gasteiger partial charge on any atom is -0.488 e. The van der Waals surface area contributed by atoms with Gasteiger partial charge in [0.05, 0.1) is 21.8 Å². The van der Waals surface area contributed by atoms with Crippen LogP contribution in [0.15, 0.2) is 65.1 Å². The zero-order valence-corrected chi connectivity index (χ0v) is 17.4. The topological polar surface area (TPSA) is 62.1 Å². The van der Waals surface area contributed by atoms with Gasteiger partial charge >= 0.3 is 0 Å². The first-order valence-corrected chi connectivity index (χ1v) is 9.95. The molecule has 0 spiro atoms. The number of fused-ring (bicyclic) bond motifs is 1. The molecule has 0 aliphatic carbocycles. The number of ether oxygens (including phenoxy) is 1. The molecule has 0 fully saturated rings. The molecule has 4 rings (SSSR count). The Hall–Kier alpha value is -3.07. The largest absolute Gasteiger partial charge is 0.488 e. The van der Waals surface area contributed by atoms with Crippen LogP contribution in [0.25, 0.3) is 11.6 Å². The number of nitrogens with zero attached hydrogens (tertiary/aromatic N) is 1. The molecule has 142 valence electrons. The van der Waals surface area contributed by atoms with Crippen LogP contribution in [0.1, 0.15) is 22.3 Å². The van der Waals surface area contributed by atoms with Gasteiger partial charge in [-0.15, -0.1) is 0 Å². The molecule has 1 N–H and O–H groups in total. The molecule has 0 atom stereocenters. The lowest BCUT2D eigenvalue weighted by atomic mass is 10.0. The summed E-state index contributed by atoms with van der Waals surface area (Å²) >= 11 is 9.53. The predicted octanol–water partition coefficient (Wildman–Crippen LogP) is 6.05. The van der Waals surface area contributed by atoms with Crippen molar-refractivity contribution in [2.75, 3.05) is 5.32 Å². The fourth-order valence-electron chi connectivity index (χ4n) is 3.11. The maximum Gasteiger partial charge on any atom is 0.256 e. The standard InChI is InChI=1S/C23H14BrClN2O2/c24-20-10-14(9-19-18-7-6-17(25)11-21(18)27-23(19)28)5-8-22(20)29-13-16-4-2-1-3-15(16)12-26/h1-11H,13H2,(H,27,28)/b19-9+. The van der Waals surface area contributed by atoms with E-state index in [1.54, 1.807) is 18.2 Å². The zero-order chi connectivity index (χ0) is 20.4. The number of benzene rings is 3. The molecule has 0 aromatic heterocycles. The Labute approximate surface area is 181 Å². The normalized spacial score (nSPS) is 13.7. The molecule has 3 aromatic carbocycles. The van der Waals surface area contributed by atoms with Crippen molar-refractivity contribution in [1.29, 1.82) is 5.26 Å². The molecule has 0 saturated carbocycles. The molecule has 1 amide bonds. The monoisotopic (exact) mass is 464 g/mol. The summed E-state index contributed by atoms with van der Waals surface area (Å²) in [6, 6.07) is 20.4. The van der Waals surface area contributed by atoms with E-state index < -0.39 is 0 Å². The average Bonchev–Trinajstić information content (AvgIpc) is 3.01. The van der Waals surface area contributed by atoms with Crippen LogP contribution in [0.4, 0.5) is 5.69 Å². The van der Waals surface area contributed by atoms with Gasteiger partial charge in [-0.2, -0.15) is 5.26 Å². The Kier molecular flexibility index (Phi) is 5.39. The summed E-state index contributed by atoms with van der Waals surface area (Å²) in [5, 5.41) is 12.6. The second kappa shape index (κ2) is 8.12. The van der Waals surface area contributed by atoms with E-state index >= 15 is 0 Å². The number of carbonyl (C=O) groups excluding carboxylic acids is 1. The number of hydrogen-bond acceptors (Lipinski definition) is 3. The van der Waals surface area contributed by atoms with Crippen LogP contribution in [0.3, 0.4) is 0 Å². The van der Waals surface area contributed by atoms with E-state index in [0.717, 1.165) is 21.2 Å². The molecule has 3 aromatic rings. The lowest BCUT2D eigenvalue weighted by Crippen LogP contribution is -2.03. The van der Waals surface area contributed by atoms with Crippen LogP contribution in [-0.4, -0.2) is 5.91 Å². The Balaban J connectivity index is 1.56. The van der Waals surface area contributed by atoms with Gasteiger partial charge in [0, 0.05) is 21.7 Å². The Morgan fingerprint density at radius 3 is 2.76 bits per heavy atom. The van der Waals surface area contributed by atoms with Crippen molar-refractivity contribution in [3.63, 3.8) is 0 Å². The molecule has 6 heteroatoms. The van der Waals surface area contributed by atoms with Crippen LogP contribution >= 0.6 is 27.5 Å². The average molecular weight is 466 g/mol. The summed E-state index contributed by atoms with van der Waals surface area (Å²) in [6.07, 6.45) is 1.83. The van der Waals surface area contributed by atoms with Crippen molar-refractivity contribution in [2.24, 2.45) is 0 Å². The maximum absolute atomic E-state index is 12.3. The van der Waals surface area contributed by atoms with Crippen LogP contribution in [0.2, 0.25) is 5.02 Å². The molecule has 29 heavy (non-hydrogen) atoms. The summed E-state index contributed by atoms with van der Waals surface area (Å²) in [5.41, 5.74) is 4.39. The van der Waals surface area contributed by atoms with Crippen molar-refractivity contribution in [1.82, 2.24) is 0 Å². The maximum atomic E-state index is 12.3. The zero-order valence-electron chi connectivity index (χ0n) is 15.1. The summed E-state index contributed by atoms with van der Waals surface area (Å²) in [5.74, 6) is 0.495. The van der Waals surface area contributed by atoms with Crippen molar-refractivity contribution < 1.29 is 9.53 Å². The molecule has 0 saturated heterocycles. The Morgan fingerprint density at radius 1 is 1.14 bits per heavy atom. The van der Waals surface area contributed by atoms with E-state index in [0.29, 0.717) is 34.2 Å². The van der Waals surface area contributed by atoms with Crippen molar-refractivity contribution in [2.45, 2.75) is 6.61 Å². The third kappa shape index (κ3) is 4.04. The Morgan fingerprint density at radius 2 is 1.97 bits per heavy atom. The quantitative estimate of drug-likeness (QED) is 0.477. The van der Waals surface area contributed by atoms with E-state index in [-0.39, 0.29) is 5.91 Å². The minimum atomic E-state index is -0.160. The SMILES string of the molecule is N#Cc1ccccc1COc1ccc(/C=C2/C(=O)Nc3cc(Cl)ccc32)cc1Br. The van der Waals surface area contributed by atoms with E-state index in [9.17, 15) is 10.1 Å². The fourth-order valence-corrected chi connectivity index (χ4v) is 3.79. The van der Waals surface area contributed by atoms with Gasteiger partial charge in [0.1, 0.15) is 12.4 Å². The highest BCUT2D eigenvalue weighted by Crippen LogP contribution is 2.36. The van der Waals surface area contributed by atoms with Gasteiger partial charge in [-0.3, -0.25) is 4.79 Å². The molecular formula is C23H14BrClN2O2. The summed E-state index contributed by atoms with van der Waals surface area (Å²) in [7, 11) is 0. The van der Waals surface area contributed by atoms with Gasteiger partial charge in [0.25, 0.3) is 5.91 Å². The number of carbonyl (C=O) groups is 1. The van der Waals surface area contributed by atoms with Gasteiger partial charge in [-0.05, 0) is 57.9 Å². The molecular weight excluding hydrogens is 452 g/mol. The number of rotatable bonds is 4. The third-order valence-electron chi connectivity index (χ3n) is 4.55. The van der Waals surface area contributed by atoms with E-state index in [2.05, 4.69) is 27.3 Å². The highest BCUT2D eigenvalue weighted by molar-refractivity contribution is 9.10. The lowest BCUT2D eigenvalue weighted by molar-refractivity contribution is -0.110. The summed E-state index contributed by atoms with van der Waals surface area (Å²) in [4.78, 5) is 12.3. The highest BCUT2D eigenvalue weighted by Gasteiger charge is 2.24. The summed E-state index contributed by atoms with van der Waals surface area (Å²) in [6.45, 7) is 0.291. The van der Waals surface area contributed by atoms with Crippen molar-refractivity contribution in [3.05, 3.63) is 92.4 Å². The number of nitrogens with one attached hydrogen (secondary N) is 1. The number of hydrogen-bond donors (Lipinski definition) is 1. The van der Waals surface area contributed by atoms with Gasteiger partial charge in [-0.25, -0.2) is 0 Å². The third-order valence-corrected chi connectivity index (χ3v) is 5.41. The predicted molar refractivity (Wildman–Crippen MR) is 118 cm³/mol. The lowest BCUT2D eigenvalue weighted by Gasteiger charge is -2.10. The first-order chi connectivity index (χ1) is 14.0. The van der Waals surface area contributed by atoms with Gasteiger partial charge in [0.2, 0.25) is 0 Å². The van der Waals surface area contributed by atoms with Crippen molar-refractivity contribution >= 4 is 50.8 Å². The van der Waals surface area contributed by atoms with Crippen LogP contribution in [-0.2, 0) is 11.4 Å². The molecule has 1 aliphatic heterocycles. The molecule has 0 unspecified atom stereocenters. The molecule has 1 heterocycles. The second-order valence-corrected chi connectivity index (χ2v) is 7.74. The molecule has 0 radical (unpaired) electrons. The van der Waals surface area contributed by atoms with Gasteiger partial charge < -0.3 is 10.1 Å². The number of halogens is 2. The first-order valence-electron chi connectivity index (χ1n) is 8.78. The second-order valence-electron chi connectivity index (χ2n) is 6.45. The highest BCUT2D eigenvalue weighted by atomic mass is 79.9. The molecule has 1 aliphatic rings. The number of nitriles is 1. The number of amides is 1. The fraction of sp³-hybridized carbons (Fsp3) is 0.0435. The number of anilines is 1.